The van der Waals surface area contributed by atoms with E-state index in [0.717, 1.165) is 62.4 Å². The van der Waals surface area contributed by atoms with Gasteiger partial charge >= 0.3 is 0 Å². The zero-order chi connectivity index (χ0) is 34.0. The largest absolute Gasteiger partial charge is 0.455 e. The van der Waals surface area contributed by atoms with Crippen LogP contribution in [0.1, 0.15) is 43.2 Å². The minimum atomic E-state index is 0.160. The smallest absolute Gasteiger partial charge is 0.143 e. The first-order chi connectivity index (χ1) is 25.7. The fourth-order valence-electron chi connectivity index (χ4n) is 11.9. The molecule has 2 nitrogen and oxygen atoms in total. The number of anilines is 3. The molecule has 52 heavy (non-hydrogen) atoms. The zero-order valence-corrected chi connectivity index (χ0v) is 29.1. The second kappa shape index (κ2) is 10.7. The maximum atomic E-state index is 6.53. The number of rotatable bonds is 4. The van der Waals surface area contributed by atoms with Crippen LogP contribution in [0.2, 0.25) is 0 Å². The van der Waals surface area contributed by atoms with Crippen LogP contribution < -0.4 is 4.90 Å². The minimum absolute atomic E-state index is 0.160. The molecule has 4 bridgehead atoms. The van der Waals surface area contributed by atoms with E-state index in [9.17, 15) is 0 Å². The molecular weight excluding hydrogens is 631 g/mol. The number of benzene rings is 7. The highest BCUT2D eigenvalue weighted by Crippen LogP contribution is 2.69. The molecule has 0 atom stereocenters. The van der Waals surface area contributed by atoms with Gasteiger partial charge in [0.1, 0.15) is 11.2 Å². The van der Waals surface area contributed by atoms with E-state index in [0.29, 0.717) is 0 Å². The van der Waals surface area contributed by atoms with Crippen LogP contribution in [0.4, 0.5) is 17.1 Å². The molecule has 1 spiro atoms. The molecule has 7 aromatic carbocycles. The summed E-state index contributed by atoms with van der Waals surface area (Å²) in [5.74, 6) is 3.37. The summed E-state index contributed by atoms with van der Waals surface area (Å²) >= 11 is 0. The van der Waals surface area contributed by atoms with E-state index >= 15 is 0 Å². The molecular formula is C50H39NO. The van der Waals surface area contributed by atoms with E-state index in [1.165, 1.54) is 65.4 Å². The Bertz CT molecular complexity index is 2700. The van der Waals surface area contributed by atoms with Crippen LogP contribution >= 0.6 is 0 Å². The summed E-state index contributed by atoms with van der Waals surface area (Å²) in [5, 5.41) is 4.80. The van der Waals surface area contributed by atoms with E-state index < -0.39 is 0 Å². The minimum Gasteiger partial charge on any atom is -0.455 e. The summed E-state index contributed by atoms with van der Waals surface area (Å²) in [6.45, 7) is 0. The van der Waals surface area contributed by atoms with Gasteiger partial charge in [-0.15, -0.1) is 0 Å². The van der Waals surface area contributed by atoms with Crippen LogP contribution in [-0.4, -0.2) is 0 Å². The third kappa shape index (κ3) is 3.90. The van der Waals surface area contributed by atoms with Gasteiger partial charge in [-0.1, -0.05) is 115 Å². The highest BCUT2D eigenvalue weighted by Gasteiger charge is 2.61. The normalized spacial score (nSPS) is 23.8. The SMILES string of the molecule is c1cc(-c2cccc3c2oc2ccccc23)cc(N(c2ccc3c(c2)-c2ccccc2C32C3CC4CC(C3)CC2C4)c2cccc3ccccc23)c1. The van der Waals surface area contributed by atoms with Crippen molar-refractivity contribution in [3.05, 3.63) is 163 Å². The average Bonchev–Trinajstić information content (AvgIpc) is 3.71. The van der Waals surface area contributed by atoms with Gasteiger partial charge in [0.05, 0.1) is 5.69 Å². The maximum Gasteiger partial charge on any atom is 0.143 e. The first-order valence-electron chi connectivity index (χ1n) is 19.3. The van der Waals surface area contributed by atoms with Crippen LogP contribution in [0.5, 0.6) is 0 Å². The van der Waals surface area contributed by atoms with Gasteiger partial charge in [0, 0.05) is 38.5 Å². The van der Waals surface area contributed by atoms with Crippen LogP contribution in [0.15, 0.2) is 156 Å². The summed E-state index contributed by atoms with van der Waals surface area (Å²) in [6.07, 6.45) is 7.07. The van der Waals surface area contributed by atoms with E-state index in [4.69, 9.17) is 4.42 Å². The monoisotopic (exact) mass is 669 g/mol. The molecule has 0 radical (unpaired) electrons. The van der Waals surface area contributed by atoms with Crippen molar-refractivity contribution in [2.24, 2.45) is 23.7 Å². The molecule has 0 unspecified atom stereocenters. The van der Waals surface area contributed by atoms with Crippen molar-refractivity contribution in [1.82, 2.24) is 0 Å². The summed E-state index contributed by atoms with van der Waals surface area (Å²) in [6, 6.07) is 56.4. The predicted molar refractivity (Wildman–Crippen MR) is 215 cm³/mol. The summed E-state index contributed by atoms with van der Waals surface area (Å²) < 4.78 is 6.53. The van der Waals surface area contributed by atoms with E-state index in [1.807, 2.05) is 6.07 Å². The van der Waals surface area contributed by atoms with Gasteiger partial charge in [0.15, 0.2) is 0 Å². The fraction of sp³-hybridized carbons (Fsp3) is 0.200. The molecule has 1 heterocycles. The molecule has 2 heteroatoms. The van der Waals surface area contributed by atoms with E-state index in [-0.39, 0.29) is 5.41 Å². The van der Waals surface area contributed by atoms with E-state index in [1.54, 1.807) is 11.1 Å². The van der Waals surface area contributed by atoms with Crippen molar-refractivity contribution >= 4 is 49.8 Å². The average molecular weight is 670 g/mol. The molecule has 5 aliphatic carbocycles. The number of nitrogens with zero attached hydrogens (tertiary/aromatic N) is 1. The number of furan rings is 1. The van der Waals surface area contributed by atoms with Crippen molar-refractivity contribution in [3.63, 3.8) is 0 Å². The van der Waals surface area contributed by atoms with Crippen LogP contribution in [0.25, 0.3) is 55.0 Å². The number of para-hydroxylation sites is 2. The van der Waals surface area contributed by atoms with Crippen LogP contribution in [0, 0.1) is 23.7 Å². The van der Waals surface area contributed by atoms with Gasteiger partial charge in [-0.25, -0.2) is 0 Å². The summed E-state index contributed by atoms with van der Waals surface area (Å²) in [5.41, 5.74) is 13.9. The Morgan fingerprint density at radius 2 is 1.13 bits per heavy atom. The lowest BCUT2D eigenvalue weighted by Gasteiger charge is -2.61. The highest BCUT2D eigenvalue weighted by molar-refractivity contribution is 6.10. The Kier molecular flexibility index (Phi) is 5.98. The van der Waals surface area contributed by atoms with Crippen LogP contribution in [-0.2, 0) is 5.41 Å². The molecule has 250 valence electrons. The van der Waals surface area contributed by atoms with E-state index in [2.05, 4.69) is 150 Å². The van der Waals surface area contributed by atoms with Gasteiger partial charge in [0.25, 0.3) is 0 Å². The molecule has 0 amide bonds. The molecule has 0 N–H and O–H groups in total. The highest BCUT2D eigenvalue weighted by atomic mass is 16.3. The number of fused-ring (bicyclic) bond motifs is 7. The lowest BCUT2D eigenvalue weighted by atomic mass is 9.43. The zero-order valence-electron chi connectivity index (χ0n) is 29.1. The Labute approximate surface area is 304 Å². The Morgan fingerprint density at radius 1 is 0.481 bits per heavy atom. The quantitative estimate of drug-likeness (QED) is 0.185. The third-order valence-corrected chi connectivity index (χ3v) is 13.6. The molecule has 0 aliphatic heterocycles. The number of hydrogen-bond acceptors (Lipinski definition) is 2. The first-order valence-corrected chi connectivity index (χ1v) is 19.3. The fourth-order valence-corrected chi connectivity index (χ4v) is 11.9. The standard InChI is InChI=1S/C50H39NO/c1-2-14-39-33(10-1)11-8-20-47(39)51(37-13-7-12-34(29-37)40-17-9-18-43-42-16-4-6-21-48(42)52-49(40)43)38-22-23-46-44(30-38)41-15-3-5-19-45(41)50(46)35-25-31-24-32(27-35)28-36(50)26-31/h1-23,29-32,35-36H,24-28H2. The molecule has 1 aromatic heterocycles. The Morgan fingerprint density at radius 3 is 2.02 bits per heavy atom. The topological polar surface area (TPSA) is 16.4 Å². The number of hydrogen-bond donors (Lipinski definition) is 0. The summed E-state index contributed by atoms with van der Waals surface area (Å²) in [7, 11) is 0. The van der Waals surface area contributed by atoms with Crippen molar-refractivity contribution in [3.8, 4) is 22.3 Å². The maximum absolute atomic E-state index is 6.53. The lowest BCUT2D eigenvalue weighted by molar-refractivity contribution is -0.0399. The Balaban J connectivity index is 1.07. The summed E-state index contributed by atoms with van der Waals surface area (Å²) in [4.78, 5) is 2.50. The third-order valence-electron chi connectivity index (χ3n) is 13.6. The van der Waals surface area contributed by atoms with Crippen molar-refractivity contribution < 1.29 is 4.42 Å². The molecule has 4 fully saturated rings. The second-order valence-corrected chi connectivity index (χ2v) is 16.1. The van der Waals surface area contributed by atoms with Gasteiger partial charge in [-0.2, -0.15) is 0 Å². The molecule has 13 rings (SSSR count). The van der Waals surface area contributed by atoms with Gasteiger partial charge in [-0.05, 0) is 125 Å². The van der Waals surface area contributed by atoms with Crippen molar-refractivity contribution in [1.29, 1.82) is 0 Å². The van der Waals surface area contributed by atoms with Crippen molar-refractivity contribution in [2.45, 2.75) is 37.5 Å². The molecule has 8 aromatic rings. The van der Waals surface area contributed by atoms with Crippen molar-refractivity contribution in [2.75, 3.05) is 4.90 Å². The molecule has 0 saturated heterocycles. The molecule has 4 saturated carbocycles. The lowest BCUT2D eigenvalue weighted by Crippen LogP contribution is -2.55. The van der Waals surface area contributed by atoms with Gasteiger partial charge < -0.3 is 9.32 Å². The van der Waals surface area contributed by atoms with Crippen LogP contribution in [0.3, 0.4) is 0 Å². The van der Waals surface area contributed by atoms with Gasteiger partial charge in [0.2, 0.25) is 0 Å². The van der Waals surface area contributed by atoms with Gasteiger partial charge in [-0.3, -0.25) is 0 Å². The first kappa shape index (κ1) is 29.0. The molecule has 5 aliphatic rings. The Hall–Kier alpha value is -5.60. The predicted octanol–water partition coefficient (Wildman–Crippen LogP) is 13.6. The second-order valence-electron chi connectivity index (χ2n) is 16.1.